The van der Waals surface area contributed by atoms with Crippen molar-refractivity contribution in [3.05, 3.63) is 28.8 Å². The zero-order valence-electron chi connectivity index (χ0n) is 10.9. The van der Waals surface area contributed by atoms with E-state index in [1.54, 1.807) is 13.0 Å². The summed E-state index contributed by atoms with van der Waals surface area (Å²) in [5, 5.41) is 8.96. The summed E-state index contributed by atoms with van der Waals surface area (Å²) in [6.45, 7) is 1.71. The van der Waals surface area contributed by atoms with E-state index in [0.717, 1.165) is 12.1 Å². The summed E-state index contributed by atoms with van der Waals surface area (Å²) in [5.74, 6) is -0.657. The molecule has 1 rings (SSSR count). The average molecular weight is 317 g/mol. The molecule has 0 saturated carbocycles. The maximum absolute atomic E-state index is 12.4. The highest BCUT2D eigenvalue weighted by molar-refractivity contribution is 8.00. The number of hydrogen-bond acceptors (Lipinski definition) is 5. The highest BCUT2D eigenvalue weighted by atomic mass is 32.2. The minimum Gasteiger partial charge on any atom is -0.466 e. The third-order valence-electron chi connectivity index (χ3n) is 2.35. The molecule has 0 radical (unpaired) electrons. The van der Waals surface area contributed by atoms with Crippen LogP contribution in [0.5, 0.6) is 0 Å². The Hall–Kier alpha value is -2.01. The van der Waals surface area contributed by atoms with Crippen molar-refractivity contribution in [1.82, 2.24) is 0 Å². The first kappa shape index (κ1) is 17.0. The van der Waals surface area contributed by atoms with E-state index in [2.05, 4.69) is 0 Å². The molecular formula is C13H10F3NO3S. The maximum atomic E-state index is 12.4. The smallest absolute Gasteiger partial charge is 0.446 e. The Kier molecular flexibility index (Phi) is 5.79. The van der Waals surface area contributed by atoms with Gasteiger partial charge in [0, 0.05) is 10.5 Å². The molecule has 0 heterocycles. The van der Waals surface area contributed by atoms with Gasteiger partial charge in [0.05, 0.1) is 24.7 Å². The Morgan fingerprint density at radius 2 is 2.14 bits per heavy atom. The molecule has 8 heteroatoms. The number of alkyl halides is 3. The van der Waals surface area contributed by atoms with Crippen molar-refractivity contribution in [2.45, 2.75) is 23.7 Å². The Bertz CT molecular complexity index is 594. The monoisotopic (exact) mass is 317 g/mol. The third kappa shape index (κ3) is 5.11. The molecule has 0 N–H and O–H groups in total. The van der Waals surface area contributed by atoms with Gasteiger partial charge in [-0.2, -0.15) is 18.4 Å². The highest BCUT2D eigenvalue weighted by Crippen LogP contribution is 2.39. The molecule has 0 aliphatic rings. The summed E-state index contributed by atoms with van der Waals surface area (Å²) >= 11 is -0.467. The van der Waals surface area contributed by atoms with Crippen LogP contribution in [0.4, 0.5) is 13.2 Å². The van der Waals surface area contributed by atoms with Crippen molar-refractivity contribution >= 4 is 24.0 Å². The number of ether oxygens (including phenoxy) is 1. The van der Waals surface area contributed by atoms with Crippen LogP contribution in [-0.2, 0) is 16.0 Å². The van der Waals surface area contributed by atoms with Crippen LogP contribution in [0.3, 0.4) is 0 Å². The number of thioether (sulfide) groups is 1. The van der Waals surface area contributed by atoms with E-state index < -0.39 is 23.2 Å². The van der Waals surface area contributed by atoms with Crippen LogP contribution < -0.4 is 0 Å². The topological polar surface area (TPSA) is 67.2 Å². The molecule has 1 aromatic rings. The van der Waals surface area contributed by atoms with E-state index >= 15 is 0 Å². The van der Waals surface area contributed by atoms with E-state index in [-0.39, 0.29) is 40.9 Å². The predicted molar refractivity (Wildman–Crippen MR) is 68.8 cm³/mol. The summed E-state index contributed by atoms with van der Waals surface area (Å²) in [4.78, 5) is 21.9. The third-order valence-corrected chi connectivity index (χ3v) is 3.15. The number of nitrogens with zero attached hydrogens (tertiary/aromatic N) is 1. The molecule has 0 aliphatic heterocycles. The fourth-order valence-electron chi connectivity index (χ4n) is 1.56. The largest absolute Gasteiger partial charge is 0.466 e. The van der Waals surface area contributed by atoms with Crippen LogP contribution >= 0.6 is 11.8 Å². The molecule has 0 unspecified atom stereocenters. The molecule has 0 spiro atoms. The molecule has 112 valence electrons. The molecule has 1 aromatic carbocycles. The number of benzene rings is 1. The normalized spacial score (nSPS) is 10.8. The minimum atomic E-state index is -4.58. The number of rotatable bonds is 5. The zero-order valence-corrected chi connectivity index (χ0v) is 11.7. The zero-order chi connectivity index (χ0) is 16.0. The van der Waals surface area contributed by atoms with Crippen molar-refractivity contribution in [2.75, 3.05) is 6.61 Å². The van der Waals surface area contributed by atoms with Gasteiger partial charge in [-0.25, -0.2) is 0 Å². The van der Waals surface area contributed by atoms with Gasteiger partial charge in [-0.15, -0.1) is 0 Å². The molecule has 4 nitrogen and oxygen atoms in total. The molecular weight excluding hydrogens is 307 g/mol. The summed E-state index contributed by atoms with van der Waals surface area (Å²) in [6, 6.07) is 3.81. The predicted octanol–water partition coefficient (Wildman–Crippen LogP) is 3.09. The molecule has 0 amide bonds. The van der Waals surface area contributed by atoms with Crippen LogP contribution in [0.15, 0.2) is 17.0 Å². The summed E-state index contributed by atoms with van der Waals surface area (Å²) in [5.41, 5.74) is -4.76. The van der Waals surface area contributed by atoms with E-state index in [1.165, 1.54) is 0 Å². The molecule has 0 saturated heterocycles. The Morgan fingerprint density at radius 1 is 1.48 bits per heavy atom. The van der Waals surface area contributed by atoms with Gasteiger partial charge in [-0.05, 0) is 36.4 Å². The molecule has 0 atom stereocenters. The van der Waals surface area contributed by atoms with Crippen LogP contribution in [-0.4, -0.2) is 24.4 Å². The summed E-state index contributed by atoms with van der Waals surface area (Å²) < 4.78 is 42.0. The fraction of sp³-hybridized carbons (Fsp3) is 0.308. The minimum absolute atomic E-state index is 0.0309. The maximum Gasteiger partial charge on any atom is 0.446 e. The second-order valence-electron chi connectivity index (χ2n) is 3.81. The van der Waals surface area contributed by atoms with Crippen molar-refractivity contribution in [2.24, 2.45) is 0 Å². The number of aldehydes is 1. The van der Waals surface area contributed by atoms with Gasteiger partial charge in [-0.1, -0.05) is 0 Å². The lowest BCUT2D eigenvalue weighted by Crippen LogP contribution is -2.10. The Labute approximate surface area is 122 Å². The lowest BCUT2D eigenvalue weighted by Gasteiger charge is -2.11. The first-order valence-electron chi connectivity index (χ1n) is 5.74. The molecule has 0 bridgehead atoms. The van der Waals surface area contributed by atoms with Crippen molar-refractivity contribution in [3.8, 4) is 6.07 Å². The van der Waals surface area contributed by atoms with E-state index in [9.17, 15) is 22.8 Å². The van der Waals surface area contributed by atoms with E-state index in [4.69, 9.17) is 10.00 Å². The van der Waals surface area contributed by atoms with Gasteiger partial charge in [0.15, 0.2) is 6.29 Å². The van der Waals surface area contributed by atoms with Gasteiger partial charge >= 0.3 is 11.5 Å². The van der Waals surface area contributed by atoms with E-state index in [1.807, 2.05) is 0 Å². The number of halogens is 3. The van der Waals surface area contributed by atoms with Crippen LogP contribution in [0.2, 0.25) is 0 Å². The Balaban J connectivity index is 3.23. The second kappa shape index (κ2) is 7.13. The number of carbonyl (C=O) groups excluding carboxylic acids is 2. The quantitative estimate of drug-likeness (QED) is 0.474. The lowest BCUT2D eigenvalue weighted by atomic mass is 10.0. The first-order chi connectivity index (χ1) is 9.80. The molecule has 0 fully saturated rings. The number of hydrogen-bond donors (Lipinski definition) is 0. The van der Waals surface area contributed by atoms with Gasteiger partial charge in [0.2, 0.25) is 0 Å². The first-order valence-corrected chi connectivity index (χ1v) is 6.56. The second-order valence-corrected chi connectivity index (χ2v) is 4.91. The van der Waals surface area contributed by atoms with E-state index in [0.29, 0.717) is 0 Å². The van der Waals surface area contributed by atoms with Crippen LogP contribution in [0.25, 0.3) is 0 Å². The number of nitriles is 1. The standard InChI is InChI=1S/C13H10F3NO3S/c1-2-20-12(19)5-8-4-11(21-13(14,15)16)10(7-18)3-9(8)6-17/h3-4,7H,2,5H2,1H3. The molecule has 0 aromatic heterocycles. The molecule has 21 heavy (non-hydrogen) atoms. The van der Waals surface area contributed by atoms with Gasteiger partial charge in [0.1, 0.15) is 0 Å². The lowest BCUT2D eigenvalue weighted by molar-refractivity contribution is -0.142. The SMILES string of the molecule is CCOC(=O)Cc1cc(SC(F)(F)F)c(C=O)cc1C#N. The van der Waals surface area contributed by atoms with Crippen LogP contribution in [0.1, 0.15) is 28.4 Å². The number of esters is 1. The fourth-order valence-corrected chi connectivity index (χ4v) is 2.24. The van der Waals surface area contributed by atoms with Gasteiger partial charge < -0.3 is 4.74 Å². The Morgan fingerprint density at radius 3 is 2.62 bits per heavy atom. The van der Waals surface area contributed by atoms with Gasteiger partial charge in [0.25, 0.3) is 0 Å². The van der Waals surface area contributed by atoms with Crippen molar-refractivity contribution < 1.29 is 27.5 Å². The van der Waals surface area contributed by atoms with Crippen LogP contribution in [0, 0.1) is 11.3 Å². The van der Waals surface area contributed by atoms with Crippen molar-refractivity contribution in [3.63, 3.8) is 0 Å². The summed E-state index contributed by atoms with van der Waals surface area (Å²) in [6.07, 6.45) is -0.0929. The van der Waals surface area contributed by atoms with Gasteiger partial charge in [-0.3, -0.25) is 9.59 Å². The number of carbonyl (C=O) groups is 2. The average Bonchev–Trinajstić information content (AvgIpc) is 2.37. The summed E-state index contributed by atoms with van der Waals surface area (Å²) in [7, 11) is 0. The molecule has 0 aliphatic carbocycles. The van der Waals surface area contributed by atoms with Crippen molar-refractivity contribution in [1.29, 1.82) is 5.26 Å². The highest BCUT2D eigenvalue weighted by Gasteiger charge is 2.31.